The third kappa shape index (κ3) is 5.25. The van der Waals surface area contributed by atoms with Gasteiger partial charge in [-0.15, -0.1) is 0 Å². The van der Waals surface area contributed by atoms with Crippen LogP contribution in [0.25, 0.3) is 0 Å². The zero-order valence-corrected chi connectivity index (χ0v) is 13.2. The lowest BCUT2D eigenvalue weighted by Crippen LogP contribution is -2.31. The molecule has 2 rings (SSSR count). The molecule has 120 valence electrons. The van der Waals surface area contributed by atoms with Gasteiger partial charge in [-0.05, 0) is 24.5 Å². The van der Waals surface area contributed by atoms with Crippen molar-refractivity contribution in [2.45, 2.75) is 25.7 Å². The maximum absolute atomic E-state index is 11.9. The summed E-state index contributed by atoms with van der Waals surface area (Å²) in [7, 11) is 0. The number of aryl methyl sites for hydroxylation is 2. The lowest BCUT2D eigenvalue weighted by atomic mass is 9.99. The summed E-state index contributed by atoms with van der Waals surface area (Å²) in [5.41, 5.74) is 2.98. The first-order chi connectivity index (χ1) is 11.1. The highest BCUT2D eigenvalue weighted by Crippen LogP contribution is 2.15. The van der Waals surface area contributed by atoms with E-state index in [1.807, 2.05) is 37.3 Å². The summed E-state index contributed by atoms with van der Waals surface area (Å²) < 4.78 is 0. The molecule has 0 aliphatic rings. The Hall–Kier alpha value is -2.62. The zero-order chi connectivity index (χ0) is 16.7. The summed E-state index contributed by atoms with van der Waals surface area (Å²) >= 11 is 0. The molecule has 0 saturated carbocycles. The van der Waals surface area contributed by atoms with Gasteiger partial charge < -0.3 is 10.4 Å². The van der Waals surface area contributed by atoms with Gasteiger partial charge in [0.1, 0.15) is 0 Å². The van der Waals surface area contributed by atoms with Crippen LogP contribution in [0.2, 0.25) is 0 Å². The van der Waals surface area contributed by atoms with Crippen LogP contribution >= 0.6 is 0 Å². The summed E-state index contributed by atoms with van der Waals surface area (Å²) in [6, 6.07) is 17.0. The van der Waals surface area contributed by atoms with Crippen molar-refractivity contribution < 1.29 is 14.7 Å². The molecule has 1 atom stereocenters. The van der Waals surface area contributed by atoms with Gasteiger partial charge in [-0.3, -0.25) is 9.59 Å². The monoisotopic (exact) mass is 311 g/mol. The SMILES string of the molecule is Cc1ccc(CCC(=O)NCC(C(=O)O)c2ccccc2)cc1. The molecule has 4 nitrogen and oxygen atoms in total. The van der Waals surface area contributed by atoms with Crippen LogP contribution in [0.15, 0.2) is 54.6 Å². The summed E-state index contributed by atoms with van der Waals surface area (Å²) in [6.07, 6.45) is 0.999. The fourth-order valence-corrected chi connectivity index (χ4v) is 2.35. The molecule has 1 amide bonds. The van der Waals surface area contributed by atoms with Crippen molar-refractivity contribution in [3.05, 3.63) is 71.3 Å². The van der Waals surface area contributed by atoms with Gasteiger partial charge >= 0.3 is 5.97 Å². The maximum Gasteiger partial charge on any atom is 0.312 e. The Morgan fingerprint density at radius 2 is 1.70 bits per heavy atom. The van der Waals surface area contributed by atoms with Crippen molar-refractivity contribution in [3.8, 4) is 0 Å². The quantitative estimate of drug-likeness (QED) is 0.826. The normalized spacial score (nSPS) is 11.7. The van der Waals surface area contributed by atoms with Crippen LogP contribution in [0.5, 0.6) is 0 Å². The molecule has 0 aromatic heterocycles. The standard InChI is InChI=1S/C19H21NO3/c1-14-7-9-15(10-8-14)11-12-18(21)20-13-17(19(22)23)16-5-3-2-4-6-16/h2-10,17H,11-13H2,1H3,(H,20,21)(H,22,23). The number of amides is 1. The van der Waals surface area contributed by atoms with Crippen molar-refractivity contribution >= 4 is 11.9 Å². The van der Waals surface area contributed by atoms with Crippen molar-refractivity contribution in [1.29, 1.82) is 0 Å². The largest absolute Gasteiger partial charge is 0.481 e. The van der Waals surface area contributed by atoms with Crippen LogP contribution in [0.4, 0.5) is 0 Å². The number of hydrogen-bond acceptors (Lipinski definition) is 2. The number of carbonyl (C=O) groups is 2. The first kappa shape index (κ1) is 16.7. The average Bonchev–Trinajstić information content (AvgIpc) is 2.55. The van der Waals surface area contributed by atoms with E-state index < -0.39 is 11.9 Å². The van der Waals surface area contributed by atoms with E-state index in [1.165, 1.54) is 5.56 Å². The van der Waals surface area contributed by atoms with E-state index in [9.17, 15) is 14.7 Å². The van der Waals surface area contributed by atoms with Gasteiger partial charge in [0.2, 0.25) is 5.91 Å². The number of benzene rings is 2. The predicted octanol–water partition coefficient (Wildman–Crippen LogP) is 2.91. The second-order valence-corrected chi connectivity index (χ2v) is 5.59. The maximum atomic E-state index is 11.9. The number of hydrogen-bond donors (Lipinski definition) is 2. The third-order valence-electron chi connectivity index (χ3n) is 3.76. The highest BCUT2D eigenvalue weighted by Gasteiger charge is 2.20. The number of carboxylic acid groups (broad SMARTS) is 1. The van der Waals surface area contributed by atoms with Crippen molar-refractivity contribution in [1.82, 2.24) is 5.32 Å². The van der Waals surface area contributed by atoms with Crippen LogP contribution in [-0.4, -0.2) is 23.5 Å². The first-order valence-corrected chi connectivity index (χ1v) is 7.66. The predicted molar refractivity (Wildman–Crippen MR) is 89.3 cm³/mol. The summed E-state index contributed by atoms with van der Waals surface area (Å²) in [5.74, 6) is -1.79. The minimum Gasteiger partial charge on any atom is -0.481 e. The Morgan fingerprint density at radius 3 is 2.30 bits per heavy atom. The number of carboxylic acids is 1. The molecular formula is C19H21NO3. The molecule has 2 N–H and O–H groups in total. The number of carbonyl (C=O) groups excluding carboxylic acids is 1. The minimum atomic E-state index is -0.935. The minimum absolute atomic E-state index is 0.103. The van der Waals surface area contributed by atoms with Crippen molar-refractivity contribution in [3.63, 3.8) is 0 Å². The van der Waals surface area contributed by atoms with Crippen LogP contribution in [0.3, 0.4) is 0 Å². The molecule has 1 unspecified atom stereocenters. The van der Waals surface area contributed by atoms with Crippen LogP contribution in [0, 0.1) is 6.92 Å². The van der Waals surface area contributed by atoms with E-state index in [4.69, 9.17) is 0 Å². The van der Waals surface area contributed by atoms with Gasteiger partial charge in [-0.1, -0.05) is 60.2 Å². The Kier molecular flexibility index (Phi) is 5.92. The summed E-state index contributed by atoms with van der Waals surface area (Å²) in [5, 5.41) is 12.0. The molecular weight excluding hydrogens is 290 g/mol. The summed E-state index contributed by atoms with van der Waals surface area (Å²) in [6.45, 7) is 2.12. The average molecular weight is 311 g/mol. The fourth-order valence-electron chi connectivity index (χ4n) is 2.35. The highest BCUT2D eigenvalue weighted by molar-refractivity contribution is 5.79. The van der Waals surface area contributed by atoms with Gasteiger partial charge in [0.25, 0.3) is 0 Å². The van der Waals surface area contributed by atoms with E-state index in [2.05, 4.69) is 5.32 Å². The molecule has 23 heavy (non-hydrogen) atoms. The van der Waals surface area contributed by atoms with Gasteiger partial charge in [0.05, 0.1) is 5.92 Å². The van der Waals surface area contributed by atoms with E-state index >= 15 is 0 Å². The number of rotatable bonds is 7. The Morgan fingerprint density at radius 1 is 1.04 bits per heavy atom. The van der Waals surface area contributed by atoms with Crippen LogP contribution in [-0.2, 0) is 16.0 Å². The molecule has 2 aromatic carbocycles. The molecule has 0 spiro atoms. The smallest absolute Gasteiger partial charge is 0.312 e. The van der Waals surface area contributed by atoms with Gasteiger partial charge in [0.15, 0.2) is 0 Å². The lowest BCUT2D eigenvalue weighted by Gasteiger charge is -2.13. The van der Waals surface area contributed by atoms with Gasteiger partial charge in [0, 0.05) is 13.0 Å². The van der Waals surface area contributed by atoms with E-state index in [1.54, 1.807) is 24.3 Å². The van der Waals surface area contributed by atoms with Crippen molar-refractivity contribution in [2.24, 2.45) is 0 Å². The van der Waals surface area contributed by atoms with Crippen LogP contribution < -0.4 is 5.32 Å². The third-order valence-corrected chi connectivity index (χ3v) is 3.76. The molecule has 4 heteroatoms. The lowest BCUT2D eigenvalue weighted by molar-refractivity contribution is -0.138. The van der Waals surface area contributed by atoms with Crippen LogP contribution in [0.1, 0.15) is 29.0 Å². The molecule has 0 heterocycles. The first-order valence-electron chi connectivity index (χ1n) is 7.66. The van der Waals surface area contributed by atoms with E-state index in [-0.39, 0.29) is 12.5 Å². The topological polar surface area (TPSA) is 66.4 Å². The molecule has 0 bridgehead atoms. The number of nitrogens with one attached hydrogen (secondary N) is 1. The molecule has 0 radical (unpaired) electrons. The second-order valence-electron chi connectivity index (χ2n) is 5.59. The molecule has 0 fully saturated rings. The molecule has 2 aromatic rings. The molecule has 0 saturated heterocycles. The zero-order valence-electron chi connectivity index (χ0n) is 13.2. The van der Waals surface area contributed by atoms with Gasteiger partial charge in [-0.25, -0.2) is 0 Å². The van der Waals surface area contributed by atoms with E-state index in [0.29, 0.717) is 18.4 Å². The molecule has 0 aliphatic heterocycles. The Balaban J connectivity index is 1.84. The molecule has 0 aliphatic carbocycles. The van der Waals surface area contributed by atoms with Gasteiger partial charge in [-0.2, -0.15) is 0 Å². The highest BCUT2D eigenvalue weighted by atomic mass is 16.4. The fraction of sp³-hybridized carbons (Fsp3) is 0.263. The second kappa shape index (κ2) is 8.13. The number of aliphatic carboxylic acids is 1. The Bertz CT molecular complexity index is 650. The van der Waals surface area contributed by atoms with E-state index in [0.717, 1.165) is 5.56 Å². The summed E-state index contributed by atoms with van der Waals surface area (Å²) in [4.78, 5) is 23.3. The van der Waals surface area contributed by atoms with Crippen molar-refractivity contribution in [2.75, 3.05) is 6.54 Å². The Labute approximate surface area is 136 Å².